The van der Waals surface area contributed by atoms with Crippen molar-refractivity contribution in [3.05, 3.63) is 26.9 Å². The van der Waals surface area contributed by atoms with Crippen LogP contribution in [0.15, 0.2) is 21.1 Å². The van der Waals surface area contributed by atoms with Crippen LogP contribution in [0.25, 0.3) is 11.4 Å². The van der Waals surface area contributed by atoms with Crippen LogP contribution >= 0.6 is 31.9 Å². The monoisotopic (exact) mass is 356 g/mol. The first-order chi connectivity index (χ1) is 8.15. The molecule has 17 heavy (non-hydrogen) atoms. The molecule has 1 aromatic carbocycles. The number of nitrogens with two attached hydrogens (primary N) is 1. The molecule has 88 valence electrons. The number of H-pyrrole nitrogens is 1. The third kappa shape index (κ3) is 2.11. The van der Waals surface area contributed by atoms with E-state index in [-0.39, 0.29) is 0 Å². The predicted molar refractivity (Wildman–Crippen MR) is 73.6 cm³/mol. The minimum atomic E-state index is 0.563. The molecule has 0 amide bonds. The minimum absolute atomic E-state index is 0.563. The Balaban J connectivity index is 2.07. The Morgan fingerprint density at radius 3 is 2.76 bits per heavy atom. The molecule has 3 rings (SSSR count). The van der Waals surface area contributed by atoms with Crippen molar-refractivity contribution in [2.24, 2.45) is 0 Å². The first-order valence-electron chi connectivity index (χ1n) is 5.32. The van der Waals surface area contributed by atoms with Gasteiger partial charge in [0.2, 0.25) is 0 Å². The molecule has 4 nitrogen and oxygen atoms in total. The number of nitrogens with one attached hydrogen (secondary N) is 1. The summed E-state index contributed by atoms with van der Waals surface area (Å²) in [5, 5.41) is 7.22. The number of hydrogen-bond acceptors (Lipinski definition) is 3. The number of nitrogen functional groups attached to an aromatic ring is 1. The topological polar surface area (TPSA) is 67.6 Å². The molecule has 0 unspecified atom stereocenters. The maximum absolute atomic E-state index is 6.02. The minimum Gasteiger partial charge on any atom is -0.397 e. The molecule has 0 spiro atoms. The third-order valence-corrected chi connectivity index (χ3v) is 3.92. The van der Waals surface area contributed by atoms with E-state index in [1.807, 2.05) is 12.1 Å². The lowest BCUT2D eigenvalue weighted by atomic mass is 10.2. The molecular weight excluding hydrogens is 348 g/mol. The zero-order valence-electron chi connectivity index (χ0n) is 8.87. The highest BCUT2D eigenvalue weighted by molar-refractivity contribution is 9.11. The number of aromatic amines is 1. The van der Waals surface area contributed by atoms with Gasteiger partial charge in [-0.15, -0.1) is 0 Å². The van der Waals surface area contributed by atoms with Gasteiger partial charge in [0.15, 0.2) is 5.82 Å². The first-order valence-corrected chi connectivity index (χ1v) is 6.91. The van der Waals surface area contributed by atoms with Crippen LogP contribution in [0.4, 0.5) is 5.69 Å². The van der Waals surface area contributed by atoms with Crippen molar-refractivity contribution >= 4 is 37.5 Å². The van der Waals surface area contributed by atoms with Crippen LogP contribution in [0.1, 0.15) is 24.6 Å². The number of aromatic nitrogens is 3. The molecule has 0 atom stereocenters. The molecule has 1 fully saturated rings. The second-order valence-electron chi connectivity index (χ2n) is 4.17. The summed E-state index contributed by atoms with van der Waals surface area (Å²) in [4.78, 5) is 4.50. The summed E-state index contributed by atoms with van der Waals surface area (Å²) >= 11 is 6.86. The van der Waals surface area contributed by atoms with Gasteiger partial charge in [0, 0.05) is 20.4 Å². The van der Waals surface area contributed by atoms with Crippen LogP contribution in [-0.2, 0) is 0 Å². The maximum Gasteiger partial charge on any atom is 0.183 e. The van der Waals surface area contributed by atoms with Crippen molar-refractivity contribution in [3.63, 3.8) is 0 Å². The molecule has 0 radical (unpaired) electrons. The summed E-state index contributed by atoms with van der Waals surface area (Å²) in [7, 11) is 0. The molecule has 0 saturated heterocycles. The molecule has 1 aliphatic carbocycles. The van der Waals surface area contributed by atoms with Crippen molar-refractivity contribution in [1.82, 2.24) is 15.2 Å². The number of anilines is 1. The van der Waals surface area contributed by atoms with Gasteiger partial charge in [-0.05, 0) is 40.9 Å². The lowest BCUT2D eigenvalue weighted by Crippen LogP contribution is -1.93. The Labute approximate surface area is 115 Å². The van der Waals surface area contributed by atoms with Gasteiger partial charge in [0.1, 0.15) is 5.82 Å². The van der Waals surface area contributed by atoms with Crippen molar-refractivity contribution in [2.75, 3.05) is 5.73 Å². The second kappa shape index (κ2) is 4.10. The average Bonchev–Trinajstić information content (AvgIpc) is 3.02. The van der Waals surface area contributed by atoms with Crippen LogP contribution in [-0.4, -0.2) is 15.2 Å². The summed E-state index contributed by atoms with van der Waals surface area (Å²) < 4.78 is 1.80. The number of halogens is 2. The molecular formula is C11H10Br2N4. The Morgan fingerprint density at radius 1 is 1.29 bits per heavy atom. The number of benzene rings is 1. The molecule has 2 aromatic rings. The molecule has 1 saturated carbocycles. The largest absolute Gasteiger partial charge is 0.397 e. The Morgan fingerprint density at radius 2 is 2.06 bits per heavy atom. The van der Waals surface area contributed by atoms with E-state index in [2.05, 4.69) is 47.0 Å². The summed E-state index contributed by atoms with van der Waals surface area (Å²) in [5.74, 6) is 2.19. The van der Waals surface area contributed by atoms with E-state index < -0.39 is 0 Å². The number of hydrogen-bond donors (Lipinski definition) is 2. The number of rotatable bonds is 2. The van der Waals surface area contributed by atoms with Crippen LogP contribution in [0, 0.1) is 0 Å². The van der Waals surface area contributed by atoms with Gasteiger partial charge < -0.3 is 5.73 Å². The van der Waals surface area contributed by atoms with E-state index in [4.69, 9.17) is 5.73 Å². The standard InChI is InChI=1S/C11H10Br2N4/c12-6-3-7(9(14)8(13)4-6)11-15-10(16-17-11)5-1-2-5/h3-5H,1-2,14H2,(H,15,16,17). The fourth-order valence-corrected chi connectivity index (χ4v) is 2.93. The van der Waals surface area contributed by atoms with Gasteiger partial charge >= 0.3 is 0 Å². The molecule has 1 aliphatic rings. The van der Waals surface area contributed by atoms with Gasteiger partial charge in [-0.2, -0.15) is 5.10 Å². The molecule has 1 aromatic heterocycles. The fraction of sp³-hybridized carbons (Fsp3) is 0.273. The third-order valence-electron chi connectivity index (χ3n) is 2.80. The SMILES string of the molecule is Nc1c(Br)cc(Br)cc1-c1n[nH]c(C2CC2)n1. The van der Waals surface area contributed by atoms with E-state index in [1.54, 1.807) is 0 Å². The van der Waals surface area contributed by atoms with E-state index in [1.165, 1.54) is 12.8 Å². The normalized spacial score (nSPS) is 15.2. The lowest BCUT2D eigenvalue weighted by Gasteiger charge is -2.04. The highest BCUT2D eigenvalue weighted by atomic mass is 79.9. The Bertz CT molecular complexity index is 575. The maximum atomic E-state index is 6.02. The van der Waals surface area contributed by atoms with Crippen LogP contribution in [0.5, 0.6) is 0 Å². The van der Waals surface area contributed by atoms with Gasteiger partial charge in [-0.1, -0.05) is 15.9 Å². The average molecular weight is 358 g/mol. The molecule has 0 bridgehead atoms. The second-order valence-corrected chi connectivity index (χ2v) is 5.94. The van der Waals surface area contributed by atoms with Crippen LogP contribution in [0.2, 0.25) is 0 Å². The van der Waals surface area contributed by atoms with Gasteiger partial charge in [-0.25, -0.2) is 4.98 Å². The summed E-state index contributed by atoms with van der Waals surface area (Å²) in [6.45, 7) is 0. The highest BCUT2D eigenvalue weighted by Gasteiger charge is 2.27. The van der Waals surface area contributed by atoms with Gasteiger partial charge in [-0.3, -0.25) is 5.10 Å². The van der Waals surface area contributed by atoms with E-state index in [9.17, 15) is 0 Å². The molecule has 0 aliphatic heterocycles. The molecule has 3 N–H and O–H groups in total. The highest BCUT2D eigenvalue weighted by Crippen LogP contribution is 2.39. The van der Waals surface area contributed by atoms with Crippen LogP contribution < -0.4 is 5.73 Å². The first kappa shape index (κ1) is 11.2. The zero-order chi connectivity index (χ0) is 12.0. The predicted octanol–water partition coefficient (Wildman–Crippen LogP) is 3.46. The summed E-state index contributed by atoms with van der Waals surface area (Å²) in [6.07, 6.45) is 2.40. The van der Waals surface area contributed by atoms with E-state index in [0.717, 1.165) is 20.3 Å². The summed E-state index contributed by atoms with van der Waals surface area (Å²) in [5.41, 5.74) is 7.53. The molecule has 6 heteroatoms. The Kier molecular flexibility index (Phi) is 2.71. The van der Waals surface area contributed by atoms with Crippen molar-refractivity contribution in [2.45, 2.75) is 18.8 Å². The lowest BCUT2D eigenvalue weighted by molar-refractivity contribution is 0.935. The fourth-order valence-electron chi connectivity index (χ4n) is 1.70. The quantitative estimate of drug-likeness (QED) is 0.809. The van der Waals surface area contributed by atoms with Gasteiger partial charge in [0.25, 0.3) is 0 Å². The van der Waals surface area contributed by atoms with Crippen molar-refractivity contribution in [3.8, 4) is 11.4 Å². The smallest absolute Gasteiger partial charge is 0.183 e. The Hall–Kier alpha value is -0.880. The van der Waals surface area contributed by atoms with Crippen molar-refractivity contribution in [1.29, 1.82) is 0 Å². The van der Waals surface area contributed by atoms with E-state index >= 15 is 0 Å². The van der Waals surface area contributed by atoms with Crippen LogP contribution in [0.3, 0.4) is 0 Å². The van der Waals surface area contributed by atoms with Gasteiger partial charge in [0.05, 0.1) is 5.69 Å². The summed E-state index contributed by atoms with van der Waals surface area (Å²) in [6, 6.07) is 3.84. The molecule has 1 heterocycles. The van der Waals surface area contributed by atoms with E-state index in [0.29, 0.717) is 17.4 Å². The zero-order valence-corrected chi connectivity index (χ0v) is 12.0. The number of nitrogens with zero attached hydrogens (tertiary/aromatic N) is 2. The van der Waals surface area contributed by atoms with Crippen molar-refractivity contribution < 1.29 is 0 Å².